The van der Waals surface area contributed by atoms with Gasteiger partial charge in [0, 0.05) is 35.2 Å². The molecule has 0 saturated heterocycles. The van der Waals surface area contributed by atoms with Crippen LogP contribution in [0.4, 0.5) is 10.1 Å². The number of pyridine rings is 1. The lowest BCUT2D eigenvalue weighted by Gasteiger charge is -2.32. The Morgan fingerprint density at radius 2 is 2.27 bits per heavy atom. The molecule has 2 aliphatic heterocycles. The van der Waals surface area contributed by atoms with Crippen LogP contribution in [-0.2, 0) is 12.2 Å². The van der Waals surface area contributed by atoms with Gasteiger partial charge in [0.15, 0.2) is 5.17 Å². The number of ether oxygens (including phenoxy) is 1. The minimum absolute atomic E-state index is 0.226. The van der Waals surface area contributed by atoms with E-state index in [1.54, 1.807) is 12.1 Å². The van der Waals surface area contributed by atoms with Crippen LogP contribution in [0.25, 0.3) is 0 Å². The first kappa shape index (κ1) is 16.8. The molecule has 0 fully saturated rings. The Hall–Kier alpha value is -2.61. The third-order valence-corrected chi connectivity index (χ3v) is 5.52. The second-order valence-electron chi connectivity index (χ2n) is 6.22. The molecule has 0 saturated carbocycles. The van der Waals surface area contributed by atoms with E-state index in [4.69, 9.17) is 10.5 Å². The zero-order chi connectivity index (χ0) is 18.1. The number of amidine groups is 1. The lowest BCUT2D eigenvalue weighted by Crippen LogP contribution is -2.32. The highest BCUT2D eigenvalue weighted by Crippen LogP contribution is 2.46. The normalized spacial score (nSPS) is 21.0. The number of carbonyl (C=O) groups excluding carboxylic acids is 1. The number of nitrogens with zero attached hydrogens (tertiary/aromatic N) is 2. The molecule has 1 aromatic heterocycles. The first-order valence-corrected chi connectivity index (χ1v) is 9.16. The molecule has 26 heavy (non-hydrogen) atoms. The molecule has 1 aromatic carbocycles. The van der Waals surface area contributed by atoms with Gasteiger partial charge in [-0.2, -0.15) is 0 Å². The molecular weight excluding hydrogens is 355 g/mol. The van der Waals surface area contributed by atoms with Gasteiger partial charge in [-0.15, -0.1) is 0 Å². The fraction of sp³-hybridized carbons (Fsp3) is 0.278. The molecule has 2 aliphatic rings. The number of fused-ring (bicyclic) bond motifs is 2. The van der Waals surface area contributed by atoms with Gasteiger partial charge in [0.1, 0.15) is 23.7 Å². The first-order chi connectivity index (χ1) is 12.6. The van der Waals surface area contributed by atoms with Gasteiger partial charge < -0.3 is 15.8 Å². The largest absolute Gasteiger partial charge is 0.493 e. The summed E-state index contributed by atoms with van der Waals surface area (Å²) >= 11 is 1.53. The smallest absolute Gasteiger partial charge is 0.274 e. The number of hydrogen-bond acceptors (Lipinski definition) is 6. The standard InChI is InChI=1S/C18H17FN4O2S/c19-8-11-1-3-14(21-9-11)16(24)22-12-2-4-15-13(7-12)18(5-6-25-15)10-26-17(20)23-18/h1-4,7,9H,5-6,8,10H2,(H2,20,23)(H,22,24)/t18-/m0/s1. The molecule has 1 spiro atoms. The van der Waals surface area contributed by atoms with E-state index in [1.165, 1.54) is 24.0 Å². The van der Waals surface area contributed by atoms with Crippen molar-refractivity contribution in [1.29, 1.82) is 0 Å². The van der Waals surface area contributed by atoms with Crippen LogP contribution in [0.1, 0.15) is 28.0 Å². The molecule has 0 radical (unpaired) electrons. The van der Waals surface area contributed by atoms with E-state index < -0.39 is 12.2 Å². The van der Waals surface area contributed by atoms with Crippen molar-refractivity contribution in [2.45, 2.75) is 18.6 Å². The van der Waals surface area contributed by atoms with Crippen molar-refractivity contribution in [2.24, 2.45) is 10.7 Å². The van der Waals surface area contributed by atoms with Gasteiger partial charge in [-0.1, -0.05) is 17.8 Å². The zero-order valence-corrected chi connectivity index (χ0v) is 14.7. The average Bonchev–Trinajstić information content (AvgIpc) is 3.04. The highest BCUT2D eigenvalue weighted by molar-refractivity contribution is 8.14. The number of alkyl halides is 1. The second-order valence-corrected chi connectivity index (χ2v) is 7.21. The molecular formula is C18H17FN4O2S. The quantitative estimate of drug-likeness (QED) is 0.865. The molecule has 134 valence electrons. The van der Waals surface area contributed by atoms with E-state index in [-0.39, 0.29) is 11.6 Å². The third-order valence-electron chi connectivity index (χ3n) is 4.51. The van der Waals surface area contributed by atoms with E-state index in [0.717, 1.165) is 23.5 Å². The molecule has 3 N–H and O–H groups in total. The fourth-order valence-corrected chi connectivity index (χ4v) is 4.12. The number of benzene rings is 1. The van der Waals surface area contributed by atoms with Crippen LogP contribution < -0.4 is 15.8 Å². The van der Waals surface area contributed by atoms with Crippen LogP contribution in [0.3, 0.4) is 0 Å². The number of halogens is 1. The number of anilines is 1. The van der Waals surface area contributed by atoms with Crippen LogP contribution in [-0.4, -0.2) is 28.4 Å². The van der Waals surface area contributed by atoms with E-state index >= 15 is 0 Å². The summed E-state index contributed by atoms with van der Waals surface area (Å²) in [7, 11) is 0. The van der Waals surface area contributed by atoms with Gasteiger partial charge in [0.05, 0.1) is 6.61 Å². The summed E-state index contributed by atoms with van der Waals surface area (Å²) in [6.07, 6.45) is 2.11. The Labute approximate surface area is 154 Å². The molecule has 0 unspecified atom stereocenters. The lowest BCUT2D eigenvalue weighted by molar-refractivity contribution is 0.102. The molecule has 3 heterocycles. The van der Waals surface area contributed by atoms with Crippen molar-refractivity contribution >= 4 is 28.5 Å². The van der Waals surface area contributed by atoms with Crippen molar-refractivity contribution in [3.8, 4) is 5.75 Å². The summed E-state index contributed by atoms with van der Waals surface area (Å²) in [5.74, 6) is 1.17. The van der Waals surface area contributed by atoms with E-state index in [2.05, 4.69) is 15.3 Å². The number of aliphatic imine (C=N–C) groups is 1. The number of nitrogens with one attached hydrogen (secondary N) is 1. The number of rotatable bonds is 3. The summed E-state index contributed by atoms with van der Waals surface area (Å²) in [6, 6.07) is 8.54. The zero-order valence-electron chi connectivity index (χ0n) is 13.9. The van der Waals surface area contributed by atoms with Crippen molar-refractivity contribution in [1.82, 2.24) is 4.98 Å². The van der Waals surface area contributed by atoms with Crippen LogP contribution in [0.15, 0.2) is 41.5 Å². The predicted octanol–water partition coefficient (Wildman–Crippen LogP) is 2.84. The molecule has 2 aromatic rings. The summed E-state index contributed by atoms with van der Waals surface area (Å²) < 4.78 is 18.3. The van der Waals surface area contributed by atoms with Crippen molar-refractivity contribution < 1.29 is 13.9 Å². The van der Waals surface area contributed by atoms with Crippen molar-refractivity contribution in [3.63, 3.8) is 0 Å². The number of carbonyl (C=O) groups is 1. The Kier molecular flexibility index (Phi) is 4.28. The number of amides is 1. The van der Waals surface area contributed by atoms with Gasteiger partial charge in [0.2, 0.25) is 0 Å². The Morgan fingerprint density at radius 1 is 1.38 bits per heavy atom. The third kappa shape index (κ3) is 3.01. The van der Waals surface area contributed by atoms with Gasteiger partial charge in [-0.25, -0.2) is 4.39 Å². The molecule has 6 nitrogen and oxygen atoms in total. The number of hydrogen-bond donors (Lipinski definition) is 2. The molecule has 0 aliphatic carbocycles. The number of aromatic nitrogens is 1. The van der Waals surface area contributed by atoms with E-state index in [0.29, 0.717) is 23.0 Å². The molecule has 8 heteroatoms. The van der Waals surface area contributed by atoms with Crippen molar-refractivity contribution in [3.05, 3.63) is 53.3 Å². The van der Waals surface area contributed by atoms with Crippen LogP contribution in [0, 0.1) is 0 Å². The van der Waals surface area contributed by atoms with Crippen LogP contribution in [0.2, 0.25) is 0 Å². The maximum atomic E-state index is 12.6. The highest BCUT2D eigenvalue weighted by atomic mass is 32.2. The van der Waals surface area contributed by atoms with Gasteiger partial charge >= 0.3 is 0 Å². The lowest BCUT2D eigenvalue weighted by atomic mass is 9.86. The minimum Gasteiger partial charge on any atom is -0.493 e. The second kappa shape index (κ2) is 6.60. The number of thioether (sulfide) groups is 1. The summed E-state index contributed by atoms with van der Waals surface area (Å²) in [4.78, 5) is 21.0. The Morgan fingerprint density at radius 3 is 2.96 bits per heavy atom. The average molecular weight is 372 g/mol. The van der Waals surface area contributed by atoms with Crippen LogP contribution in [0.5, 0.6) is 5.75 Å². The predicted molar refractivity (Wildman–Crippen MR) is 99.3 cm³/mol. The monoisotopic (exact) mass is 372 g/mol. The summed E-state index contributed by atoms with van der Waals surface area (Å²) in [5.41, 5.74) is 7.70. The molecule has 0 bridgehead atoms. The van der Waals surface area contributed by atoms with Crippen LogP contribution >= 0.6 is 11.8 Å². The highest BCUT2D eigenvalue weighted by Gasteiger charge is 2.41. The SMILES string of the molecule is NC1=N[C@@]2(CCOc3ccc(NC(=O)c4ccc(CF)cn4)cc32)CS1. The Balaban J connectivity index is 1.60. The fourth-order valence-electron chi connectivity index (χ4n) is 3.13. The topological polar surface area (TPSA) is 89.6 Å². The van der Waals surface area contributed by atoms with Crippen molar-refractivity contribution in [2.75, 3.05) is 17.7 Å². The maximum absolute atomic E-state index is 12.6. The minimum atomic E-state index is -0.608. The maximum Gasteiger partial charge on any atom is 0.274 e. The Bertz CT molecular complexity index is 887. The van der Waals surface area contributed by atoms with E-state index in [1.807, 2.05) is 12.1 Å². The van der Waals surface area contributed by atoms with Gasteiger partial charge in [0.25, 0.3) is 5.91 Å². The molecule has 1 atom stereocenters. The molecule has 1 amide bonds. The molecule has 4 rings (SSSR count). The summed E-state index contributed by atoms with van der Waals surface area (Å²) in [5, 5.41) is 3.40. The first-order valence-electron chi connectivity index (χ1n) is 8.17. The van der Waals surface area contributed by atoms with E-state index in [9.17, 15) is 9.18 Å². The summed E-state index contributed by atoms with van der Waals surface area (Å²) in [6.45, 7) is -0.0235. The number of nitrogens with two attached hydrogens (primary N) is 1. The van der Waals surface area contributed by atoms with Gasteiger partial charge in [-0.3, -0.25) is 14.8 Å². The van der Waals surface area contributed by atoms with Gasteiger partial charge in [-0.05, 0) is 24.3 Å².